The number of aromatic amines is 1. The number of para-hydroxylation sites is 1. The molecular formula is C28H37N5O5. The summed E-state index contributed by atoms with van der Waals surface area (Å²) in [6.45, 7) is 5.75. The number of amides is 4. The predicted molar refractivity (Wildman–Crippen MR) is 142 cm³/mol. The van der Waals surface area contributed by atoms with Crippen molar-refractivity contribution in [2.24, 2.45) is 11.8 Å². The minimum absolute atomic E-state index is 0.0140. The minimum Gasteiger partial charge on any atom is -0.356 e. The average Bonchev–Trinajstić information content (AvgIpc) is 3.44. The summed E-state index contributed by atoms with van der Waals surface area (Å²) in [6.07, 6.45) is 3.95. The summed E-state index contributed by atoms with van der Waals surface area (Å²) in [5, 5.41) is 11.8. The number of carbonyl (C=O) groups is 5. The van der Waals surface area contributed by atoms with E-state index in [9.17, 15) is 24.0 Å². The molecule has 2 aromatic rings. The maximum absolute atomic E-state index is 13.5. The monoisotopic (exact) mass is 523 g/mol. The van der Waals surface area contributed by atoms with Crippen LogP contribution in [0.25, 0.3) is 10.9 Å². The van der Waals surface area contributed by atoms with Crippen LogP contribution in [0.1, 0.15) is 69.8 Å². The lowest BCUT2D eigenvalue weighted by Gasteiger charge is -2.30. The fraction of sp³-hybridized carbons (Fsp3) is 0.536. The molecule has 0 bridgehead atoms. The fourth-order valence-corrected chi connectivity index (χ4v) is 4.94. The van der Waals surface area contributed by atoms with Crippen molar-refractivity contribution in [1.82, 2.24) is 26.3 Å². The molecular weight excluding hydrogens is 486 g/mol. The second kappa shape index (κ2) is 11.4. The average molecular weight is 524 g/mol. The van der Waals surface area contributed by atoms with Crippen molar-refractivity contribution >= 4 is 40.3 Å². The lowest BCUT2D eigenvalue weighted by atomic mass is 9.80. The Morgan fingerprint density at radius 1 is 1.00 bits per heavy atom. The zero-order valence-electron chi connectivity index (χ0n) is 22.2. The van der Waals surface area contributed by atoms with Crippen molar-refractivity contribution in [1.29, 1.82) is 0 Å². The van der Waals surface area contributed by atoms with Gasteiger partial charge in [-0.05, 0) is 58.1 Å². The first-order chi connectivity index (χ1) is 18.0. The largest absolute Gasteiger partial charge is 0.356 e. The lowest BCUT2D eigenvalue weighted by Crippen LogP contribution is -2.56. The molecule has 2 heterocycles. The van der Waals surface area contributed by atoms with Gasteiger partial charge < -0.3 is 26.3 Å². The second-order valence-electron chi connectivity index (χ2n) is 11.5. The van der Waals surface area contributed by atoms with Crippen molar-refractivity contribution in [2.75, 3.05) is 6.54 Å². The highest BCUT2D eigenvalue weighted by Gasteiger charge is 2.37. The van der Waals surface area contributed by atoms with Gasteiger partial charge in [0.05, 0.1) is 6.04 Å². The van der Waals surface area contributed by atoms with E-state index in [0.29, 0.717) is 25.1 Å². The molecule has 1 aliphatic carbocycles. The first-order valence-electron chi connectivity index (χ1n) is 13.3. The smallest absolute Gasteiger partial charge is 0.290 e. The van der Waals surface area contributed by atoms with Crippen LogP contribution in [0.15, 0.2) is 30.3 Å². The van der Waals surface area contributed by atoms with Gasteiger partial charge in [0.25, 0.3) is 11.8 Å². The first kappa shape index (κ1) is 27.3. The third-order valence-electron chi connectivity index (χ3n) is 7.22. The van der Waals surface area contributed by atoms with Crippen LogP contribution in [-0.4, -0.2) is 58.6 Å². The number of hydrogen-bond donors (Lipinski definition) is 5. The van der Waals surface area contributed by atoms with Crippen LogP contribution in [0.3, 0.4) is 0 Å². The van der Waals surface area contributed by atoms with E-state index in [0.717, 1.165) is 30.2 Å². The van der Waals surface area contributed by atoms with Crippen molar-refractivity contribution < 1.29 is 24.0 Å². The van der Waals surface area contributed by atoms with E-state index in [-0.39, 0.29) is 18.2 Å². The first-order valence-corrected chi connectivity index (χ1v) is 13.3. The van der Waals surface area contributed by atoms with Crippen LogP contribution in [0, 0.1) is 11.8 Å². The van der Waals surface area contributed by atoms with Gasteiger partial charge in [-0.1, -0.05) is 37.5 Å². The number of ketones is 1. The van der Waals surface area contributed by atoms with Gasteiger partial charge >= 0.3 is 0 Å². The van der Waals surface area contributed by atoms with E-state index in [4.69, 9.17) is 0 Å². The fourth-order valence-electron chi connectivity index (χ4n) is 4.94. The third kappa shape index (κ3) is 6.79. The molecule has 204 valence electrons. The Labute approximate surface area is 222 Å². The normalized spacial score (nSPS) is 19.2. The summed E-state index contributed by atoms with van der Waals surface area (Å²) in [4.78, 5) is 67.8. The molecule has 5 N–H and O–H groups in total. The number of Topliss-reactive ketones (excluding diaryl/α,β-unsaturated/α-hetero) is 1. The number of benzene rings is 1. The maximum Gasteiger partial charge on any atom is 0.290 e. The second-order valence-corrected chi connectivity index (χ2v) is 11.5. The zero-order chi connectivity index (χ0) is 27.4. The van der Waals surface area contributed by atoms with Crippen LogP contribution in [-0.2, 0) is 19.2 Å². The predicted octanol–water partition coefficient (Wildman–Crippen LogP) is 1.95. The standard InChI is InChI=1S/C28H37N5O5/c1-28(2,3)33-27(38)23(34)20(15-18-11-12-29-24(18)35)31-25(36)21(13-16-7-6-8-16)32-26(37)22-14-17-9-4-5-10-19(17)30-22/h4-5,9-10,14,16,18,20-21,30H,6-8,11-13,15H2,1-3H3,(H,29,35)(H,31,36)(H,32,37)(H,33,38)/t18-,20?,21-/m0/s1. The molecule has 10 nitrogen and oxygen atoms in total. The molecule has 10 heteroatoms. The van der Waals surface area contributed by atoms with Gasteiger partial charge in [0.2, 0.25) is 17.6 Å². The molecule has 38 heavy (non-hydrogen) atoms. The summed E-state index contributed by atoms with van der Waals surface area (Å²) in [6, 6.07) is 7.14. The topological polar surface area (TPSA) is 149 Å². The molecule has 1 aromatic carbocycles. The van der Waals surface area contributed by atoms with Crippen LogP contribution >= 0.6 is 0 Å². The van der Waals surface area contributed by atoms with Gasteiger partial charge in [-0.25, -0.2) is 0 Å². The molecule has 1 aliphatic heterocycles. The molecule has 1 saturated heterocycles. The van der Waals surface area contributed by atoms with E-state index < -0.39 is 47.0 Å². The van der Waals surface area contributed by atoms with Gasteiger partial charge in [0, 0.05) is 28.9 Å². The SMILES string of the molecule is CC(C)(C)NC(=O)C(=O)C(C[C@@H]1CCNC1=O)NC(=O)[C@H](CC1CCC1)NC(=O)c1cc2ccccc2[nH]1. The number of hydrogen-bond acceptors (Lipinski definition) is 5. The van der Waals surface area contributed by atoms with Crippen molar-refractivity contribution in [2.45, 2.75) is 76.9 Å². The van der Waals surface area contributed by atoms with Crippen LogP contribution in [0.2, 0.25) is 0 Å². The Kier molecular flexibility index (Phi) is 8.18. The summed E-state index contributed by atoms with van der Waals surface area (Å²) >= 11 is 0. The third-order valence-corrected chi connectivity index (χ3v) is 7.22. The number of H-pyrrole nitrogens is 1. The molecule has 4 rings (SSSR count). The summed E-state index contributed by atoms with van der Waals surface area (Å²) in [7, 11) is 0. The lowest BCUT2D eigenvalue weighted by molar-refractivity contribution is -0.141. The van der Waals surface area contributed by atoms with Crippen molar-refractivity contribution in [3.05, 3.63) is 36.0 Å². The number of fused-ring (bicyclic) bond motifs is 1. The van der Waals surface area contributed by atoms with E-state index in [1.165, 1.54) is 0 Å². The van der Waals surface area contributed by atoms with E-state index in [2.05, 4.69) is 26.3 Å². The highest BCUT2D eigenvalue weighted by Crippen LogP contribution is 2.31. The van der Waals surface area contributed by atoms with Crippen LogP contribution < -0.4 is 21.3 Å². The molecule has 4 amide bonds. The summed E-state index contributed by atoms with van der Waals surface area (Å²) in [5.74, 6) is -3.00. The van der Waals surface area contributed by atoms with E-state index in [1.807, 2.05) is 24.3 Å². The molecule has 1 aromatic heterocycles. The zero-order valence-corrected chi connectivity index (χ0v) is 22.2. The Bertz CT molecular complexity index is 1190. The summed E-state index contributed by atoms with van der Waals surface area (Å²) < 4.78 is 0. The Hall–Kier alpha value is -3.69. The van der Waals surface area contributed by atoms with Crippen LogP contribution in [0.5, 0.6) is 0 Å². The molecule has 0 radical (unpaired) electrons. The Morgan fingerprint density at radius 2 is 1.74 bits per heavy atom. The summed E-state index contributed by atoms with van der Waals surface area (Å²) in [5.41, 5.74) is 0.493. The van der Waals surface area contributed by atoms with Gasteiger partial charge in [-0.2, -0.15) is 0 Å². The number of nitrogens with one attached hydrogen (secondary N) is 5. The maximum atomic E-state index is 13.5. The van der Waals surface area contributed by atoms with Gasteiger partial charge in [0.15, 0.2) is 0 Å². The van der Waals surface area contributed by atoms with Gasteiger partial charge in [0.1, 0.15) is 11.7 Å². The molecule has 2 aliphatic rings. The molecule has 3 atom stereocenters. The quantitative estimate of drug-likeness (QED) is 0.302. The van der Waals surface area contributed by atoms with Crippen LogP contribution in [0.4, 0.5) is 0 Å². The van der Waals surface area contributed by atoms with Gasteiger partial charge in [-0.3, -0.25) is 24.0 Å². The van der Waals surface area contributed by atoms with E-state index in [1.54, 1.807) is 26.8 Å². The highest BCUT2D eigenvalue weighted by molar-refractivity contribution is 6.38. The van der Waals surface area contributed by atoms with E-state index >= 15 is 0 Å². The van der Waals surface area contributed by atoms with Crippen molar-refractivity contribution in [3.8, 4) is 0 Å². The number of aromatic nitrogens is 1. The Balaban J connectivity index is 1.51. The van der Waals surface area contributed by atoms with Gasteiger partial charge in [-0.15, -0.1) is 0 Å². The molecule has 1 unspecified atom stereocenters. The number of rotatable bonds is 10. The molecule has 2 fully saturated rings. The van der Waals surface area contributed by atoms with Crippen molar-refractivity contribution in [3.63, 3.8) is 0 Å². The number of carbonyl (C=O) groups excluding carboxylic acids is 5. The molecule has 0 spiro atoms. The minimum atomic E-state index is -1.19. The Morgan fingerprint density at radius 3 is 2.34 bits per heavy atom. The highest BCUT2D eigenvalue weighted by atomic mass is 16.2. The molecule has 1 saturated carbocycles.